The number of hydrogen-bond donors (Lipinski definition) is 0. The normalized spacial score (nSPS) is 16.8. The predicted octanol–water partition coefficient (Wildman–Crippen LogP) is 1.28. The second kappa shape index (κ2) is 5.48. The van der Waals surface area contributed by atoms with E-state index in [4.69, 9.17) is 0 Å². The molecule has 0 atom stereocenters. The number of rotatable bonds is 3. The third-order valence-electron chi connectivity index (χ3n) is 3.69. The zero-order valence-electron chi connectivity index (χ0n) is 11.0. The second-order valence-corrected chi connectivity index (χ2v) is 5.00. The standard InChI is InChI=1S/C14H18N4O/c19-13-11-16-12-5-4-6-15-14(12)18(13)10-9-17-7-2-1-3-8-17/h4-6,11H,1-3,7-10H2. The molecule has 2 aromatic rings. The molecule has 0 spiro atoms. The molecule has 100 valence electrons. The van der Waals surface area contributed by atoms with Crippen molar-refractivity contribution < 1.29 is 0 Å². The van der Waals surface area contributed by atoms with Crippen LogP contribution < -0.4 is 5.56 Å². The van der Waals surface area contributed by atoms with Crippen molar-refractivity contribution in [1.82, 2.24) is 19.4 Å². The van der Waals surface area contributed by atoms with Gasteiger partial charge in [-0.25, -0.2) is 9.97 Å². The van der Waals surface area contributed by atoms with E-state index in [0.717, 1.165) is 25.2 Å². The van der Waals surface area contributed by atoms with E-state index in [2.05, 4.69) is 14.9 Å². The summed E-state index contributed by atoms with van der Waals surface area (Å²) in [4.78, 5) is 22.8. The summed E-state index contributed by atoms with van der Waals surface area (Å²) in [5, 5.41) is 0. The molecular weight excluding hydrogens is 240 g/mol. The highest BCUT2D eigenvalue weighted by molar-refractivity contribution is 5.69. The average Bonchev–Trinajstić information content (AvgIpc) is 2.47. The molecule has 1 fully saturated rings. The monoisotopic (exact) mass is 258 g/mol. The lowest BCUT2D eigenvalue weighted by atomic mass is 10.1. The zero-order chi connectivity index (χ0) is 13.1. The van der Waals surface area contributed by atoms with E-state index in [1.165, 1.54) is 25.5 Å². The fraction of sp³-hybridized carbons (Fsp3) is 0.500. The van der Waals surface area contributed by atoms with E-state index in [1.807, 2.05) is 12.1 Å². The molecular formula is C14H18N4O. The van der Waals surface area contributed by atoms with Crippen LogP contribution in [0.15, 0.2) is 29.3 Å². The minimum absolute atomic E-state index is 0.0665. The Labute approximate surface area is 111 Å². The quantitative estimate of drug-likeness (QED) is 0.832. The Balaban J connectivity index is 1.83. The van der Waals surface area contributed by atoms with Gasteiger partial charge in [-0.2, -0.15) is 0 Å². The molecule has 2 aromatic heterocycles. The average molecular weight is 258 g/mol. The number of likely N-dealkylation sites (tertiary alicyclic amines) is 1. The first kappa shape index (κ1) is 12.3. The molecule has 19 heavy (non-hydrogen) atoms. The number of pyridine rings is 1. The van der Waals surface area contributed by atoms with E-state index in [0.29, 0.717) is 12.2 Å². The Morgan fingerprint density at radius 1 is 1.11 bits per heavy atom. The lowest BCUT2D eigenvalue weighted by Gasteiger charge is -2.26. The highest BCUT2D eigenvalue weighted by Crippen LogP contribution is 2.09. The van der Waals surface area contributed by atoms with Gasteiger partial charge in [0.15, 0.2) is 5.65 Å². The van der Waals surface area contributed by atoms with E-state index >= 15 is 0 Å². The van der Waals surface area contributed by atoms with Crippen LogP contribution in [0.4, 0.5) is 0 Å². The fourth-order valence-corrected chi connectivity index (χ4v) is 2.64. The van der Waals surface area contributed by atoms with Gasteiger partial charge in [-0.15, -0.1) is 0 Å². The molecule has 1 aliphatic heterocycles. The van der Waals surface area contributed by atoms with Gasteiger partial charge in [0.1, 0.15) is 5.52 Å². The highest BCUT2D eigenvalue weighted by Gasteiger charge is 2.11. The SMILES string of the molecule is O=c1cnc2cccnc2n1CCN1CCCCC1. The maximum Gasteiger partial charge on any atom is 0.270 e. The van der Waals surface area contributed by atoms with Gasteiger partial charge >= 0.3 is 0 Å². The van der Waals surface area contributed by atoms with Crippen molar-refractivity contribution >= 4 is 11.2 Å². The third kappa shape index (κ3) is 2.66. The lowest BCUT2D eigenvalue weighted by molar-refractivity contribution is 0.221. The van der Waals surface area contributed by atoms with Crippen molar-refractivity contribution in [1.29, 1.82) is 0 Å². The molecule has 0 aliphatic carbocycles. The molecule has 3 heterocycles. The van der Waals surface area contributed by atoms with Crippen LogP contribution in [0.3, 0.4) is 0 Å². The first-order valence-corrected chi connectivity index (χ1v) is 6.87. The molecule has 0 aromatic carbocycles. The van der Waals surface area contributed by atoms with Gasteiger partial charge in [-0.3, -0.25) is 9.36 Å². The Kier molecular flexibility index (Phi) is 3.55. The molecule has 5 heteroatoms. The topological polar surface area (TPSA) is 51.0 Å². The number of piperidine rings is 1. The minimum Gasteiger partial charge on any atom is -0.302 e. The van der Waals surface area contributed by atoms with Gasteiger partial charge < -0.3 is 4.90 Å². The predicted molar refractivity (Wildman–Crippen MR) is 74.1 cm³/mol. The van der Waals surface area contributed by atoms with Crippen LogP contribution >= 0.6 is 0 Å². The van der Waals surface area contributed by atoms with Crippen LogP contribution in [0, 0.1) is 0 Å². The van der Waals surface area contributed by atoms with E-state index in [-0.39, 0.29) is 5.56 Å². The van der Waals surface area contributed by atoms with Gasteiger partial charge in [0, 0.05) is 19.3 Å². The number of nitrogens with zero attached hydrogens (tertiary/aromatic N) is 4. The summed E-state index contributed by atoms with van der Waals surface area (Å²) in [6.07, 6.45) is 6.96. The number of aromatic nitrogens is 3. The number of hydrogen-bond acceptors (Lipinski definition) is 4. The second-order valence-electron chi connectivity index (χ2n) is 5.00. The summed E-state index contributed by atoms with van der Waals surface area (Å²) in [6.45, 7) is 3.89. The van der Waals surface area contributed by atoms with Crippen molar-refractivity contribution in [3.8, 4) is 0 Å². The summed E-state index contributed by atoms with van der Waals surface area (Å²) in [5.41, 5.74) is 1.40. The molecule has 3 rings (SSSR count). The third-order valence-corrected chi connectivity index (χ3v) is 3.69. The molecule has 1 saturated heterocycles. The minimum atomic E-state index is -0.0665. The summed E-state index contributed by atoms with van der Waals surface area (Å²) < 4.78 is 1.73. The Bertz CT molecular complexity index is 616. The molecule has 0 bridgehead atoms. The van der Waals surface area contributed by atoms with Crippen molar-refractivity contribution in [2.24, 2.45) is 0 Å². The molecule has 0 unspecified atom stereocenters. The van der Waals surface area contributed by atoms with Crippen LogP contribution in [0.2, 0.25) is 0 Å². The fourth-order valence-electron chi connectivity index (χ4n) is 2.64. The van der Waals surface area contributed by atoms with Gasteiger partial charge in [-0.1, -0.05) is 6.42 Å². The van der Waals surface area contributed by atoms with E-state index in [9.17, 15) is 4.79 Å². The van der Waals surface area contributed by atoms with Crippen LogP contribution in [-0.2, 0) is 6.54 Å². The summed E-state index contributed by atoms with van der Waals surface area (Å²) in [5.74, 6) is 0. The molecule has 0 amide bonds. The largest absolute Gasteiger partial charge is 0.302 e. The highest BCUT2D eigenvalue weighted by atomic mass is 16.1. The maximum atomic E-state index is 11.9. The van der Waals surface area contributed by atoms with E-state index < -0.39 is 0 Å². The van der Waals surface area contributed by atoms with Crippen molar-refractivity contribution in [3.05, 3.63) is 34.9 Å². The van der Waals surface area contributed by atoms with Gasteiger partial charge in [0.25, 0.3) is 5.56 Å². The molecule has 0 N–H and O–H groups in total. The summed E-state index contributed by atoms with van der Waals surface area (Å²) in [7, 11) is 0. The summed E-state index contributed by atoms with van der Waals surface area (Å²) in [6, 6.07) is 3.73. The molecule has 5 nitrogen and oxygen atoms in total. The van der Waals surface area contributed by atoms with Crippen molar-refractivity contribution in [2.75, 3.05) is 19.6 Å². The number of fused-ring (bicyclic) bond motifs is 1. The smallest absolute Gasteiger partial charge is 0.270 e. The lowest BCUT2D eigenvalue weighted by Crippen LogP contribution is -2.35. The molecule has 0 radical (unpaired) electrons. The van der Waals surface area contributed by atoms with Gasteiger partial charge in [-0.05, 0) is 38.1 Å². The Hall–Kier alpha value is -1.75. The van der Waals surface area contributed by atoms with Crippen molar-refractivity contribution in [3.63, 3.8) is 0 Å². The Morgan fingerprint density at radius 3 is 2.79 bits per heavy atom. The van der Waals surface area contributed by atoms with Crippen LogP contribution in [-0.4, -0.2) is 39.1 Å². The van der Waals surface area contributed by atoms with Crippen LogP contribution in [0.5, 0.6) is 0 Å². The van der Waals surface area contributed by atoms with Gasteiger partial charge in [0.2, 0.25) is 0 Å². The first-order chi connectivity index (χ1) is 9.34. The zero-order valence-corrected chi connectivity index (χ0v) is 11.0. The molecule has 1 aliphatic rings. The van der Waals surface area contributed by atoms with Crippen molar-refractivity contribution in [2.45, 2.75) is 25.8 Å². The van der Waals surface area contributed by atoms with Crippen LogP contribution in [0.25, 0.3) is 11.2 Å². The molecule has 0 saturated carbocycles. The Morgan fingerprint density at radius 2 is 1.95 bits per heavy atom. The first-order valence-electron chi connectivity index (χ1n) is 6.87. The summed E-state index contributed by atoms with van der Waals surface area (Å²) >= 11 is 0. The van der Waals surface area contributed by atoms with Gasteiger partial charge in [0.05, 0.1) is 6.20 Å². The van der Waals surface area contributed by atoms with E-state index in [1.54, 1.807) is 10.8 Å². The maximum absolute atomic E-state index is 11.9. The van der Waals surface area contributed by atoms with Crippen LogP contribution in [0.1, 0.15) is 19.3 Å².